The van der Waals surface area contributed by atoms with Crippen molar-refractivity contribution in [3.05, 3.63) is 53.6 Å². The standard InChI is InChI=1S/C17H21N3O/c1-4-20(14-7-5-6-12(2)10-14)16-9-8-13(11-15(16)18)17(21)19-3/h5-11H,4,18H2,1-3H3,(H,19,21). The van der Waals surface area contributed by atoms with Crippen LogP contribution in [-0.4, -0.2) is 19.5 Å². The summed E-state index contributed by atoms with van der Waals surface area (Å²) < 4.78 is 0. The maximum Gasteiger partial charge on any atom is 0.251 e. The molecule has 0 atom stereocenters. The van der Waals surface area contributed by atoms with Crippen LogP contribution in [0.5, 0.6) is 0 Å². The highest BCUT2D eigenvalue weighted by Crippen LogP contribution is 2.31. The van der Waals surface area contributed by atoms with Crippen molar-refractivity contribution < 1.29 is 4.79 Å². The van der Waals surface area contributed by atoms with Gasteiger partial charge in [0.2, 0.25) is 0 Å². The highest BCUT2D eigenvalue weighted by Gasteiger charge is 2.13. The number of nitrogen functional groups attached to an aromatic ring is 1. The second-order valence-corrected chi connectivity index (χ2v) is 4.94. The maximum absolute atomic E-state index is 11.7. The number of nitrogens with two attached hydrogens (primary N) is 1. The third kappa shape index (κ3) is 3.16. The molecule has 0 saturated carbocycles. The number of nitrogens with zero attached hydrogens (tertiary/aromatic N) is 1. The van der Waals surface area contributed by atoms with Crippen LogP contribution in [0, 0.1) is 6.92 Å². The molecule has 0 fully saturated rings. The molecule has 0 bridgehead atoms. The van der Waals surface area contributed by atoms with Gasteiger partial charge >= 0.3 is 0 Å². The minimum absolute atomic E-state index is 0.133. The maximum atomic E-state index is 11.7. The summed E-state index contributed by atoms with van der Waals surface area (Å²) in [6.45, 7) is 4.94. The topological polar surface area (TPSA) is 58.4 Å². The van der Waals surface area contributed by atoms with Crippen molar-refractivity contribution >= 4 is 23.0 Å². The van der Waals surface area contributed by atoms with Crippen molar-refractivity contribution in [1.29, 1.82) is 0 Å². The van der Waals surface area contributed by atoms with Gasteiger partial charge in [0.15, 0.2) is 0 Å². The summed E-state index contributed by atoms with van der Waals surface area (Å²) in [5, 5.41) is 2.60. The predicted molar refractivity (Wildman–Crippen MR) is 88.1 cm³/mol. The van der Waals surface area contributed by atoms with Crippen LogP contribution in [0.2, 0.25) is 0 Å². The van der Waals surface area contributed by atoms with Gasteiger partial charge in [-0.2, -0.15) is 0 Å². The summed E-state index contributed by atoms with van der Waals surface area (Å²) in [6, 6.07) is 13.7. The minimum atomic E-state index is -0.133. The van der Waals surface area contributed by atoms with Crippen LogP contribution < -0.4 is 16.0 Å². The molecule has 0 spiro atoms. The van der Waals surface area contributed by atoms with Gasteiger partial charge in [0, 0.05) is 24.8 Å². The Morgan fingerprint density at radius 1 is 1.24 bits per heavy atom. The van der Waals surface area contributed by atoms with E-state index in [1.807, 2.05) is 12.1 Å². The zero-order valence-electron chi connectivity index (χ0n) is 12.7. The molecule has 2 aromatic rings. The van der Waals surface area contributed by atoms with E-state index >= 15 is 0 Å². The van der Waals surface area contributed by atoms with Crippen LogP contribution in [0.1, 0.15) is 22.8 Å². The Balaban J connectivity index is 2.41. The molecule has 0 radical (unpaired) electrons. The molecule has 0 heterocycles. The van der Waals surface area contributed by atoms with E-state index in [2.05, 4.69) is 42.3 Å². The summed E-state index contributed by atoms with van der Waals surface area (Å²) in [7, 11) is 1.61. The third-order valence-corrected chi connectivity index (χ3v) is 3.44. The van der Waals surface area contributed by atoms with Crippen LogP contribution in [0.25, 0.3) is 0 Å². The monoisotopic (exact) mass is 283 g/mol. The van der Waals surface area contributed by atoms with Gasteiger partial charge in [-0.15, -0.1) is 0 Å². The van der Waals surface area contributed by atoms with Gasteiger partial charge in [-0.25, -0.2) is 0 Å². The summed E-state index contributed by atoms with van der Waals surface area (Å²) in [4.78, 5) is 13.8. The van der Waals surface area contributed by atoms with E-state index in [1.54, 1.807) is 19.2 Å². The molecule has 2 aromatic carbocycles. The summed E-state index contributed by atoms with van der Waals surface area (Å²) in [5.41, 5.74) is 10.5. The molecule has 4 nitrogen and oxygen atoms in total. The van der Waals surface area contributed by atoms with Crippen LogP contribution in [0.15, 0.2) is 42.5 Å². The lowest BCUT2D eigenvalue weighted by Crippen LogP contribution is -2.20. The Morgan fingerprint density at radius 3 is 2.57 bits per heavy atom. The highest BCUT2D eigenvalue weighted by atomic mass is 16.1. The number of hydrogen-bond donors (Lipinski definition) is 2. The number of aryl methyl sites for hydroxylation is 1. The summed E-state index contributed by atoms with van der Waals surface area (Å²) >= 11 is 0. The molecule has 0 aliphatic heterocycles. The van der Waals surface area contributed by atoms with Gasteiger partial charge in [0.05, 0.1) is 11.4 Å². The highest BCUT2D eigenvalue weighted by molar-refractivity contribution is 5.96. The van der Waals surface area contributed by atoms with Gasteiger partial charge in [-0.3, -0.25) is 4.79 Å². The largest absolute Gasteiger partial charge is 0.397 e. The number of amides is 1. The average Bonchev–Trinajstić information content (AvgIpc) is 2.49. The molecule has 0 aliphatic rings. The zero-order chi connectivity index (χ0) is 15.4. The Hall–Kier alpha value is -2.49. The Kier molecular flexibility index (Phi) is 4.48. The lowest BCUT2D eigenvalue weighted by atomic mass is 10.1. The lowest BCUT2D eigenvalue weighted by Gasteiger charge is -2.25. The number of hydrogen-bond acceptors (Lipinski definition) is 3. The van der Waals surface area contributed by atoms with Crippen molar-refractivity contribution in [2.45, 2.75) is 13.8 Å². The summed E-state index contributed by atoms with van der Waals surface area (Å²) in [5.74, 6) is -0.133. The molecule has 4 heteroatoms. The molecule has 2 rings (SSSR count). The number of anilines is 3. The second kappa shape index (κ2) is 6.31. The lowest BCUT2D eigenvalue weighted by molar-refractivity contribution is 0.0963. The number of rotatable bonds is 4. The molecule has 21 heavy (non-hydrogen) atoms. The van der Waals surface area contributed by atoms with Crippen molar-refractivity contribution in [3.63, 3.8) is 0 Å². The summed E-state index contributed by atoms with van der Waals surface area (Å²) in [6.07, 6.45) is 0. The van der Waals surface area contributed by atoms with E-state index in [9.17, 15) is 4.79 Å². The molecule has 0 saturated heterocycles. The van der Waals surface area contributed by atoms with E-state index in [4.69, 9.17) is 5.73 Å². The first-order chi connectivity index (χ1) is 10.1. The number of carbonyl (C=O) groups is 1. The molecule has 0 aromatic heterocycles. The van der Waals surface area contributed by atoms with Crippen molar-refractivity contribution in [3.8, 4) is 0 Å². The third-order valence-electron chi connectivity index (χ3n) is 3.44. The molecular weight excluding hydrogens is 262 g/mol. The Labute approximate surface area is 125 Å². The molecule has 3 N–H and O–H groups in total. The number of benzene rings is 2. The van der Waals surface area contributed by atoms with E-state index in [0.717, 1.165) is 17.9 Å². The first-order valence-electron chi connectivity index (χ1n) is 7.02. The molecule has 0 aliphatic carbocycles. The quantitative estimate of drug-likeness (QED) is 0.848. The molecule has 110 valence electrons. The second-order valence-electron chi connectivity index (χ2n) is 4.94. The van der Waals surface area contributed by atoms with Gasteiger partial charge in [-0.05, 0) is 49.7 Å². The molecule has 0 unspecified atom stereocenters. The van der Waals surface area contributed by atoms with E-state index < -0.39 is 0 Å². The van der Waals surface area contributed by atoms with E-state index in [0.29, 0.717) is 11.3 Å². The van der Waals surface area contributed by atoms with Crippen molar-refractivity contribution in [2.24, 2.45) is 0 Å². The van der Waals surface area contributed by atoms with Crippen molar-refractivity contribution in [1.82, 2.24) is 5.32 Å². The Bertz CT molecular complexity index is 652. The van der Waals surface area contributed by atoms with Crippen molar-refractivity contribution in [2.75, 3.05) is 24.2 Å². The van der Waals surface area contributed by atoms with Gasteiger partial charge < -0.3 is 16.0 Å². The zero-order valence-corrected chi connectivity index (χ0v) is 12.7. The first-order valence-corrected chi connectivity index (χ1v) is 7.02. The van der Waals surface area contributed by atoms with Gasteiger partial charge in [0.1, 0.15) is 0 Å². The number of nitrogens with one attached hydrogen (secondary N) is 1. The smallest absolute Gasteiger partial charge is 0.251 e. The van der Waals surface area contributed by atoms with Crippen LogP contribution in [0.4, 0.5) is 17.1 Å². The number of carbonyl (C=O) groups excluding carboxylic acids is 1. The fourth-order valence-corrected chi connectivity index (χ4v) is 2.37. The SMILES string of the molecule is CCN(c1cccc(C)c1)c1ccc(C(=O)NC)cc1N. The first kappa shape index (κ1) is 14.9. The fourth-order valence-electron chi connectivity index (χ4n) is 2.37. The van der Waals surface area contributed by atoms with E-state index in [-0.39, 0.29) is 5.91 Å². The predicted octanol–water partition coefficient (Wildman–Crippen LogP) is 3.09. The Morgan fingerprint density at radius 2 is 2.00 bits per heavy atom. The van der Waals surface area contributed by atoms with Crippen LogP contribution in [-0.2, 0) is 0 Å². The van der Waals surface area contributed by atoms with Gasteiger partial charge in [0.25, 0.3) is 5.91 Å². The van der Waals surface area contributed by atoms with E-state index in [1.165, 1.54) is 5.56 Å². The molecular formula is C17H21N3O. The van der Waals surface area contributed by atoms with Gasteiger partial charge in [-0.1, -0.05) is 12.1 Å². The normalized spacial score (nSPS) is 10.2. The molecule has 1 amide bonds. The fraction of sp³-hybridized carbons (Fsp3) is 0.235. The minimum Gasteiger partial charge on any atom is -0.397 e. The van der Waals surface area contributed by atoms with Crippen LogP contribution >= 0.6 is 0 Å². The van der Waals surface area contributed by atoms with Crippen LogP contribution in [0.3, 0.4) is 0 Å². The average molecular weight is 283 g/mol.